The minimum Gasteiger partial charge on any atom is -0.472 e. The van der Waals surface area contributed by atoms with Gasteiger partial charge < -0.3 is 4.74 Å². The van der Waals surface area contributed by atoms with Gasteiger partial charge in [-0.25, -0.2) is 15.0 Å². The minimum absolute atomic E-state index is 0.561. The largest absolute Gasteiger partial charge is 0.472 e. The molecule has 0 N–H and O–H groups in total. The van der Waals surface area contributed by atoms with E-state index in [1.54, 1.807) is 0 Å². The smallest absolute Gasteiger partial charge is 0.185 e. The second-order valence-electron chi connectivity index (χ2n) is 15.5. The Morgan fingerprint density at radius 1 is 0.290 bits per heavy atom. The molecule has 292 valence electrons. The molecule has 9 aromatic carbocycles. The van der Waals surface area contributed by atoms with Gasteiger partial charge in [-0.2, -0.15) is 0 Å². The van der Waals surface area contributed by atoms with Gasteiger partial charge in [0.2, 0.25) is 0 Å². The molecule has 0 saturated carbocycles. The van der Waals surface area contributed by atoms with Gasteiger partial charge >= 0.3 is 0 Å². The molecule has 0 aliphatic carbocycles. The number of hydrogen-bond donors (Lipinski definition) is 0. The van der Waals surface area contributed by atoms with Gasteiger partial charge in [-0.05, 0) is 63.2 Å². The van der Waals surface area contributed by atoms with Crippen molar-refractivity contribution in [2.45, 2.75) is 5.60 Å². The summed E-state index contributed by atoms with van der Waals surface area (Å²) in [6.07, 6.45) is 0. The van der Waals surface area contributed by atoms with E-state index in [1.165, 1.54) is 0 Å². The van der Waals surface area contributed by atoms with Crippen LogP contribution in [-0.2, 0) is 5.60 Å². The van der Waals surface area contributed by atoms with Crippen molar-refractivity contribution in [3.05, 3.63) is 253 Å². The fourth-order valence-corrected chi connectivity index (χ4v) is 8.80. The average molecular weight is 794 g/mol. The highest BCUT2D eigenvalue weighted by Crippen LogP contribution is 2.53. The number of rotatable bonds is 8. The molecule has 1 aliphatic heterocycles. The van der Waals surface area contributed by atoms with Crippen LogP contribution in [0.1, 0.15) is 16.7 Å². The lowest BCUT2D eigenvalue weighted by atomic mass is 9.74. The van der Waals surface area contributed by atoms with E-state index in [9.17, 15) is 0 Å². The molecule has 0 radical (unpaired) electrons. The molecular weight excluding hydrogens is 755 g/mol. The van der Waals surface area contributed by atoms with E-state index in [0.717, 1.165) is 83.6 Å². The predicted molar refractivity (Wildman–Crippen MR) is 251 cm³/mol. The monoisotopic (exact) mass is 793 g/mol. The van der Waals surface area contributed by atoms with Crippen molar-refractivity contribution < 1.29 is 4.74 Å². The summed E-state index contributed by atoms with van der Waals surface area (Å²) in [5.41, 5.74) is 13.6. The number of hydrogen-bond acceptors (Lipinski definition) is 4. The van der Waals surface area contributed by atoms with Crippen LogP contribution in [0.4, 0.5) is 0 Å². The molecule has 10 aromatic rings. The van der Waals surface area contributed by atoms with E-state index in [-0.39, 0.29) is 0 Å². The van der Waals surface area contributed by atoms with E-state index < -0.39 is 5.60 Å². The van der Waals surface area contributed by atoms with Gasteiger partial charge in [0.1, 0.15) is 5.75 Å². The number of nitrogens with zero attached hydrogens (tertiary/aromatic N) is 3. The van der Waals surface area contributed by atoms with Gasteiger partial charge in [-0.15, -0.1) is 0 Å². The van der Waals surface area contributed by atoms with Crippen molar-refractivity contribution in [2.24, 2.45) is 0 Å². The maximum Gasteiger partial charge on any atom is 0.185 e. The fourth-order valence-electron chi connectivity index (χ4n) is 8.80. The van der Waals surface area contributed by atoms with E-state index in [2.05, 4.69) is 200 Å². The lowest BCUT2D eigenvalue weighted by Crippen LogP contribution is -2.38. The Bertz CT molecular complexity index is 3080. The summed E-state index contributed by atoms with van der Waals surface area (Å²) >= 11 is 0. The summed E-state index contributed by atoms with van der Waals surface area (Å²) in [6, 6.07) is 82.3. The van der Waals surface area contributed by atoms with Crippen molar-refractivity contribution >= 4 is 0 Å². The minimum atomic E-state index is -0.896. The van der Waals surface area contributed by atoms with Crippen molar-refractivity contribution in [1.29, 1.82) is 0 Å². The molecule has 0 spiro atoms. The lowest BCUT2D eigenvalue weighted by molar-refractivity contribution is 0.152. The van der Waals surface area contributed by atoms with Gasteiger partial charge in [0, 0.05) is 38.9 Å². The zero-order chi connectivity index (χ0) is 41.3. The van der Waals surface area contributed by atoms with Crippen molar-refractivity contribution in [3.63, 3.8) is 0 Å². The highest BCUT2D eigenvalue weighted by molar-refractivity contribution is 5.91. The van der Waals surface area contributed by atoms with Gasteiger partial charge in [-0.3, -0.25) is 0 Å². The SMILES string of the molecule is c1ccc(-c2ccc(-c3nc(-c4cc(-c5ccccc5)cc(-c5ccccc5)c4)nc(-c4cccc5c4-c4ccccc4C(c4ccccc4)(c4ccccc4)O5)n3)cc2)cc1. The van der Waals surface area contributed by atoms with Gasteiger partial charge in [-0.1, -0.05) is 212 Å². The Kier molecular flexibility index (Phi) is 9.36. The molecule has 1 aliphatic rings. The molecule has 1 aromatic heterocycles. The first-order valence-corrected chi connectivity index (χ1v) is 20.9. The first kappa shape index (κ1) is 36.8. The molecule has 11 rings (SSSR count). The van der Waals surface area contributed by atoms with Crippen LogP contribution in [0.2, 0.25) is 0 Å². The molecule has 4 nitrogen and oxygen atoms in total. The second-order valence-corrected chi connectivity index (χ2v) is 15.5. The van der Waals surface area contributed by atoms with E-state index in [0.29, 0.717) is 17.5 Å². The molecule has 4 heteroatoms. The maximum atomic E-state index is 7.42. The number of ether oxygens (including phenoxy) is 1. The Hall–Kier alpha value is -8.21. The summed E-state index contributed by atoms with van der Waals surface area (Å²) in [4.78, 5) is 16.0. The molecule has 0 unspecified atom stereocenters. The zero-order valence-electron chi connectivity index (χ0n) is 33.8. The normalized spacial score (nSPS) is 12.5. The van der Waals surface area contributed by atoms with Gasteiger partial charge in [0.15, 0.2) is 23.1 Å². The number of aromatic nitrogens is 3. The average Bonchev–Trinajstić information content (AvgIpc) is 3.37. The maximum absolute atomic E-state index is 7.42. The van der Waals surface area contributed by atoms with Gasteiger partial charge in [0.05, 0.1) is 0 Å². The van der Waals surface area contributed by atoms with Crippen LogP contribution in [0, 0.1) is 0 Å². The van der Waals surface area contributed by atoms with Crippen LogP contribution >= 0.6 is 0 Å². The first-order chi connectivity index (χ1) is 30.7. The van der Waals surface area contributed by atoms with Crippen LogP contribution in [-0.4, -0.2) is 15.0 Å². The number of benzene rings is 9. The second kappa shape index (κ2) is 15.8. The molecule has 2 heterocycles. The molecule has 0 amide bonds. The summed E-state index contributed by atoms with van der Waals surface area (Å²) in [5.74, 6) is 2.48. The van der Waals surface area contributed by atoms with Gasteiger partial charge in [0.25, 0.3) is 0 Å². The summed E-state index contributed by atoms with van der Waals surface area (Å²) in [6.45, 7) is 0. The summed E-state index contributed by atoms with van der Waals surface area (Å²) in [7, 11) is 0. The molecule has 0 bridgehead atoms. The summed E-state index contributed by atoms with van der Waals surface area (Å²) in [5, 5.41) is 0. The molecule has 0 fully saturated rings. The van der Waals surface area contributed by atoms with E-state index in [1.807, 2.05) is 36.4 Å². The Labute approximate surface area is 361 Å². The summed E-state index contributed by atoms with van der Waals surface area (Å²) < 4.78 is 7.42. The topological polar surface area (TPSA) is 47.9 Å². The van der Waals surface area contributed by atoms with Crippen molar-refractivity contribution in [2.75, 3.05) is 0 Å². The first-order valence-electron chi connectivity index (χ1n) is 20.9. The quantitative estimate of drug-likeness (QED) is 0.154. The Morgan fingerprint density at radius 3 is 1.26 bits per heavy atom. The Balaban J connectivity index is 1.14. The highest BCUT2D eigenvalue weighted by atomic mass is 16.5. The van der Waals surface area contributed by atoms with Crippen LogP contribution in [0.25, 0.3) is 78.7 Å². The van der Waals surface area contributed by atoms with Crippen LogP contribution in [0.5, 0.6) is 5.75 Å². The fraction of sp³-hybridized carbons (Fsp3) is 0.0172. The van der Waals surface area contributed by atoms with Crippen molar-refractivity contribution in [1.82, 2.24) is 15.0 Å². The highest BCUT2D eigenvalue weighted by Gasteiger charge is 2.45. The van der Waals surface area contributed by atoms with Crippen LogP contribution in [0.15, 0.2) is 237 Å². The zero-order valence-corrected chi connectivity index (χ0v) is 33.8. The standard InChI is InChI=1S/C58H39N3O/c1-6-19-40(20-7-1)43-33-35-44(36-34-43)55-59-56(47-38-45(41-21-8-2-9-22-41)37-46(39-47)42-23-10-3-11-24-42)61-57(60-55)51-30-18-32-53-54(51)50-29-16-17-31-52(50)58(62-53,48-25-12-4-13-26-48)49-27-14-5-15-28-49/h1-39H. The van der Waals surface area contributed by atoms with Crippen LogP contribution < -0.4 is 4.74 Å². The third kappa shape index (κ3) is 6.65. The van der Waals surface area contributed by atoms with Crippen LogP contribution in [0.3, 0.4) is 0 Å². The van der Waals surface area contributed by atoms with E-state index in [4.69, 9.17) is 19.7 Å². The van der Waals surface area contributed by atoms with Crippen molar-refractivity contribution in [3.8, 4) is 84.4 Å². The Morgan fingerprint density at radius 2 is 0.694 bits per heavy atom. The number of fused-ring (bicyclic) bond motifs is 3. The third-order valence-corrected chi connectivity index (χ3v) is 11.8. The predicted octanol–water partition coefficient (Wildman–Crippen LogP) is 14.2. The molecular formula is C58H39N3O. The molecule has 0 saturated heterocycles. The lowest BCUT2D eigenvalue weighted by Gasteiger charge is -2.41. The third-order valence-electron chi connectivity index (χ3n) is 11.8. The van der Waals surface area contributed by atoms with E-state index >= 15 is 0 Å². The molecule has 62 heavy (non-hydrogen) atoms. The molecule has 0 atom stereocenters.